The van der Waals surface area contributed by atoms with Crippen molar-refractivity contribution in [2.45, 2.75) is 52.5 Å². The molecule has 0 aromatic heterocycles. The Hall–Kier alpha value is 0.0569. The smallest absolute Gasteiger partial charge is 0.154 e. The van der Waals surface area contributed by atoms with Gasteiger partial charge in [0.15, 0.2) is 6.29 Å². The Kier molecular flexibility index (Phi) is 15.5. The van der Waals surface area contributed by atoms with E-state index in [2.05, 4.69) is 18.7 Å². The lowest BCUT2D eigenvalue weighted by Gasteiger charge is -2.17. The number of nitrogens with zero attached hydrogens (tertiary/aromatic N) is 1. The van der Waals surface area contributed by atoms with Gasteiger partial charge in [-0.05, 0) is 39.4 Å². The van der Waals surface area contributed by atoms with Gasteiger partial charge in [0.1, 0.15) is 0 Å². The predicted octanol–water partition coefficient (Wildman–Crippen LogP) is 2.14. The number of likely N-dealkylation sites (N-methyl/N-ethyl adjacent to an activating group) is 1. The molecule has 0 radical (unpaired) electrons. The molecule has 0 aromatic rings. The summed E-state index contributed by atoms with van der Waals surface area (Å²) in [6.45, 7) is 15.0. The second-order valence-electron chi connectivity index (χ2n) is 4.83. The van der Waals surface area contributed by atoms with Crippen LogP contribution in [0, 0.1) is 0 Å². The van der Waals surface area contributed by atoms with Crippen LogP contribution in [0.4, 0.5) is 0 Å². The molecule has 0 rings (SSSR count). The summed E-state index contributed by atoms with van der Waals surface area (Å²) in [6, 6.07) is 2.45. The molecule has 4 nitrogen and oxygen atoms in total. The monoisotopic (exact) mass is 305 g/mol. The van der Waals surface area contributed by atoms with Crippen LogP contribution in [0.3, 0.4) is 0 Å². The summed E-state index contributed by atoms with van der Waals surface area (Å²) in [7, 11) is -0.0758. The average molecular weight is 306 g/mol. The molecule has 0 aliphatic rings. The molecule has 0 unspecified atom stereocenters. The van der Waals surface area contributed by atoms with E-state index in [0.29, 0.717) is 0 Å². The van der Waals surface area contributed by atoms with Gasteiger partial charge in [-0.1, -0.05) is 19.9 Å². The Morgan fingerprint density at radius 3 is 2.15 bits per heavy atom. The first-order valence-corrected chi connectivity index (χ1v) is 10.3. The lowest BCUT2D eigenvalue weighted by atomic mass is 10.5. The molecule has 0 saturated heterocycles. The van der Waals surface area contributed by atoms with Crippen molar-refractivity contribution in [2.75, 3.05) is 46.1 Å². The van der Waals surface area contributed by atoms with Crippen LogP contribution in [-0.4, -0.2) is 66.8 Å². The van der Waals surface area contributed by atoms with Crippen molar-refractivity contribution in [1.82, 2.24) is 4.90 Å². The van der Waals surface area contributed by atoms with Gasteiger partial charge in [0.2, 0.25) is 0 Å². The zero-order valence-corrected chi connectivity index (χ0v) is 15.4. The minimum absolute atomic E-state index is 0.0419. The maximum atomic E-state index is 5.69. The summed E-state index contributed by atoms with van der Waals surface area (Å²) in [5, 5.41) is 0. The van der Waals surface area contributed by atoms with E-state index in [1.54, 1.807) is 0 Å². The summed E-state index contributed by atoms with van der Waals surface area (Å²) < 4.78 is 16.8. The summed E-state index contributed by atoms with van der Waals surface area (Å²) in [4.78, 5) is 2.39. The standard InChI is InChI=1S/C15H35NO3Si/c1-5-16(6-2)10-12-17-11-9-13-20-14-15(18-7-3)19-8-4/h15H,5-14,20H2,1-4H3. The van der Waals surface area contributed by atoms with Crippen molar-refractivity contribution in [3.8, 4) is 0 Å². The topological polar surface area (TPSA) is 30.9 Å². The highest BCUT2D eigenvalue weighted by Gasteiger charge is 2.07. The third-order valence-electron chi connectivity index (χ3n) is 3.38. The number of hydrogen-bond donors (Lipinski definition) is 0. The first-order chi connectivity index (χ1) is 9.78. The Balaban J connectivity index is 3.34. The fourth-order valence-electron chi connectivity index (χ4n) is 2.11. The first kappa shape index (κ1) is 20.1. The van der Waals surface area contributed by atoms with Gasteiger partial charge in [-0.25, -0.2) is 0 Å². The molecular formula is C15H35NO3Si. The zero-order valence-electron chi connectivity index (χ0n) is 14.0. The summed E-state index contributed by atoms with van der Waals surface area (Å²) >= 11 is 0. The van der Waals surface area contributed by atoms with Gasteiger partial charge in [0, 0.05) is 35.9 Å². The van der Waals surface area contributed by atoms with Gasteiger partial charge in [0.05, 0.1) is 6.61 Å². The molecule has 0 aliphatic carbocycles. The molecule has 0 spiro atoms. The van der Waals surface area contributed by atoms with Crippen LogP contribution in [0.2, 0.25) is 12.1 Å². The maximum Gasteiger partial charge on any atom is 0.154 e. The van der Waals surface area contributed by atoms with E-state index in [1.807, 2.05) is 13.8 Å². The fraction of sp³-hybridized carbons (Fsp3) is 1.00. The molecule has 122 valence electrons. The van der Waals surface area contributed by atoms with Gasteiger partial charge >= 0.3 is 0 Å². The normalized spacial score (nSPS) is 12.3. The lowest BCUT2D eigenvalue weighted by molar-refractivity contribution is -0.123. The van der Waals surface area contributed by atoms with E-state index in [4.69, 9.17) is 14.2 Å². The largest absolute Gasteiger partial charge is 0.380 e. The Morgan fingerprint density at radius 2 is 1.60 bits per heavy atom. The molecule has 0 N–H and O–H groups in total. The molecule has 0 amide bonds. The molecule has 0 saturated carbocycles. The summed E-state index contributed by atoms with van der Waals surface area (Å²) in [6.07, 6.45) is 1.23. The third kappa shape index (κ3) is 11.8. The Labute approximate surface area is 128 Å². The van der Waals surface area contributed by atoms with E-state index in [0.717, 1.165) is 52.1 Å². The second-order valence-corrected chi connectivity index (χ2v) is 6.82. The van der Waals surface area contributed by atoms with Gasteiger partial charge in [-0.2, -0.15) is 0 Å². The summed E-state index contributed by atoms with van der Waals surface area (Å²) in [5.41, 5.74) is 0. The molecule has 5 heteroatoms. The van der Waals surface area contributed by atoms with Crippen LogP contribution in [0.15, 0.2) is 0 Å². The molecule has 0 fully saturated rings. The highest BCUT2D eigenvalue weighted by atomic mass is 28.2. The first-order valence-electron chi connectivity index (χ1n) is 8.31. The number of rotatable bonds is 15. The molecule has 0 aliphatic heterocycles. The molecular weight excluding hydrogens is 270 g/mol. The van der Waals surface area contributed by atoms with E-state index < -0.39 is 0 Å². The van der Waals surface area contributed by atoms with Gasteiger partial charge in [-0.3, -0.25) is 0 Å². The van der Waals surface area contributed by atoms with Crippen molar-refractivity contribution < 1.29 is 14.2 Å². The second kappa shape index (κ2) is 15.4. The molecule has 0 aromatic carbocycles. The van der Waals surface area contributed by atoms with Gasteiger partial charge in [0.25, 0.3) is 0 Å². The fourth-order valence-corrected chi connectivity index (χ4v) is 3.63. The highest BCUT2D eigenvalue weighted by molar-refractivity contribution is 6.35. The van der Waals surface area contributed by atoms with Gasteiger partial charge < -0.3 is 19.1 Å². The lowest BCUT2D eigenvalue weighted by Crippen LogP contribution is -2.27. The minimum atomic E-state index is -0.0758. The zero-order chi connectivity index (χ0) is 15.1. The molecule has 0 heterocycles. The van der Waals surface area contributed by atoms with Crippen molar-refractivity contribution >= 4 is 9.52 Å². The minimum Gasteiger partial charge on any atom is -0.380 e. The Bertz CT molecular complexity index is 186. The van der Waals surface area contributed by atoms with E-state index in [-0.39, 0.29) is 15.8 Å². The van der Waals surface area contributed by atoms with E-state index in [1.165, 1.54) is 12.5 Å². The number of ether oxygens (including phenoxy) is 3. The van der Waals surface area contributed by atoms with Crippen LogP contribution in [0.1, 0.15) is 34.1 Å². The maximum absolute atomic E-state index is 5.69. The van der Waals surface area contributed by atoms with Crippen molar-refractivity contribution in [3.63, 3.8) is 0 Å². The Morgan fingerprint density at radius 1 is 0.950 bits per heavy atom. The molecule has 0 bridgehead atoms. The highest BCUT2D eigenvalue weighted by Crippen LogP contribution is 2.04. The third-order valence-corrected chi connectivity index (χ3v) is 5.26. The van der Waals surface area contributed by atoms with Crippen LogP contribution in [0.25, 0.3) is 0 Å². The number of hydrogen-bond acceptors (Lipinski definition) is 4. The van der Waals surface area contributed by atoms with Gasteiger partial charge in [-0.15, -0.1) is 0 Å². The van der Waals surface area contributed by atoms with Crippen molar-refractivity contribution in [1.29, 1.82) is 0 Å². The van der Waals surface area contributed by atoms with Crippen molar-refractivity contribution in [2.24, 2.45) is 0 Å². The molecule has 20 heavy (non-hydrogen) atoms. The SMILES string of the molecule is CCOC(C[SiH2]CCCOCCN(CC)CC)OCC. The van der Waals surface area contributed by atoms with E-state index in [9.17, 15) is 0 Å². The van der Waals surface area contributed by atoms with Crippen LogP contribution >= 0.6 is 0 Å². The van der Waals surface area contributed by atoms with Crippen LogP contribution in [-0.2, 0) is 14.2 Å². The summed E-state index contributed by atoms with van der Waals surface area (Å²) in [5.74, 6) is 0. The quantitative estimate of drug-likeness (QED) is 0.263. The predicted molar refractivity (Wildman–Crippen MR) is 88.4 cm³/mol. The van der Waals surface area contributed by atoms with E-state index >= 15 is 0 Å². The average Bonchev–Trinajstić information content (AvgIpc) is 2.46. The van der Waals surface area contributed by atoms with Crippen molar-refractivity contribution in [3.05, 3.63) is 0 Å². The molecule has 0 atom stereocenters. The van der Waals surface area contributed by atoms with Crippen LogP contribution in [0.5, 0.6) is 0 Å². The van der Waals surface area contributed by atoms with Crippen LogP contribution < -0.4 is 0 Å².